The van der Waals surface area contributed by atoms with Gasteiger partial charge in [-0.15, -0.1) is 15.7 Å². The van der Waals surface area contributed by atoms with Gasteiger partial charge in [0, 0.05) is 43.4 Å². The lowest BCUT2D eigenvalue weighted by Crippen LogP contribution is -2.20. The molecule has 154 valence electrons. The van der Waals surface area contributed by atoms with E-state index in [0.29, 0.717) is 22.8 Å². The number of sulfonamides is 1. The molecule has 9 heteroatoms. The number of hydrogen-bond donors (Lipinski definition) is 1. The van der Waals surface area contributed by atoms with Crippen LogP contribution in [0.4, 0.5) is 5.69 Å². The molecule has 2 heterocycles. The highest BCUT2D eigenvalue weighted by Crippen LogP contribution is 2.20. The molecule has 7 nitrogen and oxygen atoms in total. The van der Waals surface area contributed by atoms with Crippen molar-refractivity contribution in [3.05, 3.63) is 46.2 Å². The van der Waals surface area contributed by atoms with Crippen molar-refractivity contribution in [1.82, 2.24) is 4.90 Å². The van der Waals surface area contributed by atoms with E-state index in [0.717, 1.165) is 17.8 Å². The molecule has 1 aromatic heterocycles. The number of amidine groups is 1. The van der Waals surface area contributed by atoms with E-state index in [2.05, 4.69) is 9.71 Å². The summed E-state index contributed by atoms with van der Waals surface area (Å²) >= 11 is 1.41. The first kappa shape index (κ1) is 21.2. The lowest BCUT2D eigenvalue weighted by molar-refractivity contribution is -0.116. The number of thiophene rings is 1. The van der Waals surface area contributed by atoms with Gasteiger partial charge in [-0.3, -0.25) is 9.59 Å². The van der Waals surface area contributed by atoms with Gasteiger partial charge in [-0.05, 0) is 49.7 Å². The largest absolute Gasteiger partial charge is 0.362 e. The Kier molecular flexibility index (Phi) is 6.49. The molecule has 3 rings (SSSR count). The molecular formula is C20H23N3O4S2. The van der Waals surface area contributed by atoms with Crippen LogP contribution in [0.15, 0.2) is 45.7 Å². The van der Waals surface area contributed by atoms with Crippen molar-refractivity contribution in [3.8, 4) is 0 Å². The molecule has 0 unspecified atom stereocenters. The van der Waals surface area contributed by atoms with Gasteiger partial charge < -0.3 is 10.2 Å². The number of amides is 1. The van der Waals surface area contributed by atoms with Gasteiger partial charge in [0.2, 0.25) is 5.91 Å². The summed E-state index contributed by atoms with van der Waals surface area (Å²) < 4.78 is 28.8. The molecule has 0 saturated carbocycles. The summed E-state index contributed by atoms with van der Waals surface area (Å²) in [7, 11) is -1.96. The van der Waals surface area contributed by atoms with E-state index in [9.17, 15) is 18.0 Å². The Morgan fingerprint density at radius 2 is 1.86 bits per heavy atom. The number of hydrogen-bond acceptors (Lipinski definition) is 5. The van der Waals surface area contributed by atoms with E-state index in [1.54, 1.807) is 6.07 Å². The SMILES string of the molecule is Cc1ccc(C(=O)CCC(=O)Nc2ccc(S(=O)(=O)/N=C3\CCCN3C)cc2)s1. The number of Topliss-reactive ketones (excluding diaryl/α,β-unsaturated/α-hetero) is 1. The molecule has 0 spiro atoms. The Hall–Kier alpha value is -2.52. The Labute approximate surface area is 174 Å². The third-order valence-electron chi connectivity index (χ3n) is 4.59. The minimum Gasteiger partial charge on any atom is -0.362 e. The van der Waals surface area contributed by atoms with Crippen LogP contribution in [0.25, 0.3) is 0 Å². The zero-order valence-electron chi connectivity index (χ0n) is 16.3. The monoisotopic (exact) mass is 433 g/mol. The van der Waals surface area contributed by atoms with Crippen LogP contribution in [0.5, 0.6) is 0 Å². The summed E-state index contributed by atoms with van der Waals surface area (Å²) in [6.45, 7) is 2.73. The molecule has 1 amide bonds. The van der Waals surface area contributed by atoms with Crippen molar-refractivity contribution < 1.29 is 18.0 Å². The van der Waals surface area contributed by atoms with Crippen molar-refractivity contribution in [2.75, 3.05) is 18.9 Å². The minimum absolute atomic E-state index is 0.0596. The van der Waals surface area contributed by atoms with Gasteiger partial charge in [0.1, 0.15) is 5.84 Å². The van der Waals surface area contributed by atoms with Crippen LogP contribution in [-0.4, -0.2) is 44.4 Å². The zero-order chi connectivity index (χ0) is 21.0. The third kappa shape index (κ3) is 5.51. The number of benzene rings is 1. The van der Waals surface area contributed by atoms with Crippen LogP contribution < -0.4 is 5.32 Å². The van der Waals surface area contributed by atoms with Gasteiger partial charge in [-0.25, -0.2) is 0 Å². The topological polar surface area (TPSA) is 95.9 Å². The van der Waals surface area contributed by atoms with Gasteiger partial charge in [-0.1, -0.05) is 0 Å². The molecule has 1 N–H and O–H groups in total. The standard InChI is InChI=1S/C20H23N3O4S2/c1-14-5-11-18(28-14)17(24)10-12-20(25)21-15-6-8-16(9-7-15)29(26,27)22-19-4-3-13-23(19)2/h5-9,11H,3-4,10,12-13H2,1-2H3,(H,21,25)/b22-19+. The van der Waals surface area contributed by atoms with E-state index < -0.39 is 10.0 Å². The molecule has 1 aromatic carbocycles. The number of ketones is 1. The second-order valence-electron chi connectivity index (χ2n) is 6.91. The maximum atomic E-state index is 12.4. The molecule has 1 fully saturated rings. The Balaban J connectivity index is 1.57. The van der Waals surface area contributed by atoms with Crippen molar-refractivity contribution in [2.24, 2.45) is 4.40 Å². The molecule has 29 heavy (non-hydrogen) atoms. The average molecular weight is 434 g/mol. The fourth-order valence-corrected chi connectivity index (χ4v) is 4.90. The molecule has 0 radical (unpaired) electrons. The number of carbonyl (C=O) groups excluding carboxylic acids is 2. The molecule has 2 aromatic rings. The summed E-state index contributed by atoms with van der Waals surface area (Å²) in [6.07, 6.45) is 1.73. The number of aryl methyl sites for hydroxylation is 1. The molecule has 0 aliphatic carbocycles. The van der Waals surface area contributed by atoms with Crippen LogP contribution in [0.2, 0.25) is 0 Å². The van der Waals surface area contributed by atoms with Crippen molar-refractivity contribution in [2.45, 2.75) is 37.5 Å². The number of likely N-dealkylation sites (tertiary alicyclic amines) is 1. The highest BCUT2D eigenvalue weighted by molar-refractivity contribution is 7.90. The number of rotatable bonds is 7. The zero-order valence-corrected chi connectivity index (χ0v) is 18.0. The van der Waals surface area contributed by atoms with Crippen LogP contribution >= 0.6 is 11.3 Å². The van der Waals surface area contributed by atoms with Gasteiger partial charge in [0.25, 0.3) is 10.0 Å². The normalized spacial score (nSPS) is 15.7. The Morgan fingerprint density at radius 1 is 1.14 bits per heavy atom. The number of anilines is 1. The number of carbonyl (C=O) groups is 2. The smallest absolute Gasteiger partial charge is 0.283 e. The first-order valence-corrected chi connectivity index (χ1v) is 11.5. The molecular weight excluding hydrogens is 410 g/mol. The van der Waals surface area contributed by atoms with Crippen LogP contribution in [0.1, 0.15) is 40.2 Å². The highest BCUT2D eigenvalue weighted by Gasteiger charge is 2.20. The van der Waals surface area contributed by atoms with Crippen molar-refractivity contribution >= 4 is 44.6 Å². The predicted molar refractivity (Wildman–Crippen MR) is 114 cm³/mol. The van der Waals surface area contributed by atoms with Crippen LogP contribution in [-0.2, 0) is 14.8 Å². The minimum atomic E-state index is -3.78. The molecule has 0 bridgehead atoms. The first-order chi connectivity index (χ1) is 13.7. The van der Waals surface area contributed by atoms with Crippen molar-refractivity contribution in [1.29, 1.82) is 0 Å². The summed E-state index contributed by atoms with van der Waals surface area (Å²) in [5, 5.41) is 2.69. The van der Waals surface area contributed by atoms with E-state index in [4.69, 9.17) is 0 Å². The van der Waals surface area contributed by atoms with Gasteiger partial charge in [-0.2, -0.15) is 8.42 Å². The van der Waals surface area contributed by atoms with E-state index >= 15 is 0 Å². The molecule has 1 saturated heterocycles. The molecule has 0 atom stereocenters. The summed E-state index contributed by atoms with van der Waals surface area (Å²) in [5.74, 6) is 0.207. The maximum absolute atomic E-state index is 12.4. The Morgan fingerprint density at radius 3 is 2.45 bits per heavy atom. The second kappa shape index (κ2) is 8.87. The molecule has 1 aliphatic rings. The van der Waals surface area contributed by atoms with Gasteiger partial charge in [0.15, 0.2) is 5.78 Å². The maximum Gasteiger partial charge on any atom is 0.283 e. The molecule has 1 aliphatic heterocycles. The van der Waals surface area contributed by atoms with Crippen LogP contribution in [0.3, 0.4) is 0 Å². The summed E-state index contributed by atoms with van der Waals surface area (Å²) in [5.41, 5.74) is 0.471. The van der Waals surface area contributed by atoms with E-state index in [-0.39, 0.29) is 29.4 Å². The lowest BCUT2D eigenvalue weighted by atomic mass is 10.2. The fraction of sp³-hybridized carbons (Fsp3) is 0.350. The van der Waals surface area contributed by atoms with Crippen LogP contribution in [0, 0.1) is 6.92 Å². The number of nitrogens with zero attached hydrogens (tertiary/aromatic N) is 2. The highest BCUT2D eigenvalue weighted by atomic mass is 32.2. The summed E-state index contributed by atoms with van der Waals surface area (Å²) in [6, 6.07) is 9.53. The summed E-state index contributed by atoms with van der Waals surface area (Å²) in [4.78, 5) is 27.8. The first-order valence-electron chi connectivity index (χ1n) is 9.29. The average Bonchev–Trinajstić information content (AvgIpc) is 3.28. The van der Waals surface area contributed by atoms with Gasteiger partial charge >= 0.3 is 0 Å². The third-order valence-corrected chi connectivity index (χ3v) is 6.95. The predicted octanol–water partition coefficient (Wildman–Crippen LogP) is 3.47. The fourth-order valence-electron chi connectivity index (χ4n) is 2.97. The van der Waals surface area contributed by atoms with Gasteiger partial charge in [0.05, 0.1) is 9.77 Å². The van der Waals surface area contributed by atoms with E-state index in [1.165, 1.54) is 35.6 Å². The van der Waals surface area contributed by atoms with Crippen molar-refractivity contribution in [3.63, 3.8) is 0 Å². The number of nitrogens with one attached hydrogen (secondary N) is 1. The quantitative estimate of drug-likeness (QED) is 0.675. The lowest BCUT2D eigenvalue weighted by Gasteiger charge is -2.11. The second-order valence-corrected chi connectivity index (χ2v) is 9.81. The van der Waals surface area contributed by atoms with E-state index in [1.807, 2.05) is 24.9 Å². The Bertz CT molecular complexity index is 1040.